The Kier molecular flexibility index (Phi) is 6.06. The van der Waals surface area contributed by atoms with Crippen molar-refractivity contribution in [1.29, 1.82) is 0 Å². The van der Waals surface area contributed by atoms with Crippen molar-refractivity contribution in [2.75, 3.05) is 0 Å². The maximum absolute atomic E-state index is 12.4. The molecule has 0 spiro atoms. The lowest BCUT2D eigenvalue weighted by Gasteiger charge is -2.26. The molecule has 1 fully saturated rings. The third-order valence-corrected chi connectivity index (χ3v) is 4.94. The van der Waals surface area contributed by atoms with Crippen LogP contribution >= 0.6 is 23.7 Å². The normalized spacial score (nSPS) is 21.1. The van der Waals surface area contributed by atoms with E-state index < -0.39 is 0 Å². The number of carbonyl (C=O) groups excluding carboxylic acids is 1. The van der Waals surface area contributed by atoms with Gasteiger partial charge in [0, 0.05) is 23.2 Å². The number of hydrogen-bond acceptors (Lipinski definition) is 3. The van der Waals surface area contributed by atoms with Crippen molar-refractivity contribution in [3.05, 3.63) is 46.4 Å². The first-order valence-electron chi connectivity index (χ1n) is 7.46. The molecule has 1 aliphatic carbocycles. The standard InChI is InChI=1S/C16H21N3OS.ClH/c17-12-5-7-13(8-6-12)18-16(20)15-4-1-9-19(15)11-14-3-2-10-21-14;/h1-4,9-10,12-13H,5-8,11,17H2,(H,18,20);1H. The highest BCUT2D eigenvalue weighted by Crippen LogP contribution is 2.18. The fourth-order valence-electron chi connectivity index (χ4n) is 2.85. The van der Waals surface area contributed by atoms with Gasteiger partial charge in [-0.15, -0.1) is 23.7 Å². The molecule has 1 amide bonds. The molecule has 1 aliphatic rings. The molecule has 2 heterocycles. The van der Waals surface area contributed by atoms with Gasteiger partial charge in [0.2, 0.25) is 0 Å². The highest BCUT2D eigenvalue weighted by molar-refractivity contribution is 7.09. The summed E-state index contributed by atoms with van der Waals surface area (Å²) in [4.78, 5) is 13.7. The van der Waals surface area contributed by atoms with Crippen molar-refractivity contribution in [2.45, 2.75) is 44.3 Å². The van der Waals surface area contributed by atoms with Crippen LogP contribution in [0.1, 0.15) is 41.0 Å². The third-order valence-electron chi connectivity index (χ3n) is 4.08. The molecule has 3 rings (SSSR count). The molecule has 0 aliphatic heterocycles. The molecule has 4 nitrogen and oxygen atoms in total. The van der Waals surface area contributed by atoms with Gasteiger partial charge < -0.3 is 15.6 Å². The van der Waals surface area contributed by atoms with Crippen LogP contribution in [-0.4, -0.2) is 22.6 Å². The van der Waals surface area contributed by atoms with Crippen LogP contribution in [-0.2, 0) is 6.54 Å². The number of aromatic nitrogens is 1. The Bertz CT molecular complexity index is 588. The first-order valence-corrected chi connectivity index (χ1v) is 8.34. The molecule has 0 unspecified atom stereocenters. The van der Waals surface area contributed by atoms with Gasteiger partial charge in [0.25, 0.3) is 5.91 Å². The van der Waals surface area contributed by atoms with Crippen LogP contribution in [0.5, 0.6) is 0 Å². The molecule has 0 aromatic carbocycles. The summed E-state index contributed by atoms with van der Waals surface area (Å²) in [6.07, 6.45) is 5.94. The van der Waals surface area contributed by atoms with Crippen LogP contribution in [0, 0.1) is 0 Å². The zero-order chi connectivity index (χ0) is 14.7. The molecule has 120 valence electrons. The van der Waals surface area contributed by atoms with Crippen LogP contribution in [0.3, 0.4) is 0 Å². The minimum atomic E-state index is 0. The average molecular weight is 340 g/mol. The van der Waals surface area contributed by atoms with E-state index >= 15 is 0 Å². The molecule has 3 N–H and O–H groups in total. The summed E-state index contributed by atoms with van der Waals surface area (Å²) in [6, 6.07) is 8.52. The lowest BCUT2D eigenvalue weighted by molar-refractivity contribution is 0.0917. The van der Waals surface area contributed by atoms with Gasteiger partial charge in [-0.1, -0.05) is 6.07 Å². The van der Waals surface area contributed by atoms with Gasteiger partial charge in [0.15, 0.2) is 0 Å². The number of nitrogens with zero attached hydrogens (tertiary/aromatic N) is 1. The lowest BCUT2D eigenvalue weighted by Crippen LogP contribution is -2.41. The Hall–Kier alpha value is -1.30. The fourth-order valence-corrected chi connectivity index (χ4v) is 3.55. The van der Waals surface area contributed by atoms with Gasteiger partial charge in [-0.3, -0.25) is 4.79 Å². The van der Waals surface area contributed by atoms with Crippen LogP contribution < -0.4 is 11.1 Å². The number of nitrogens with one attached hydrogen (secondary N) is 1. The van der Waals surface area contributed by atoms with E-state index in [2.05, 4.69) is 16.8 Å². The predicted molar refractivity (Wildman–Crippen MR) is 92.8 cm³/mol. The number of thiophene rings is 1. The van der Waals surface area contributed by atoms with Crippen molar-refractivity contribution in [3.63, 3.8) is 0 Å². The lowest BCUT2D eigenvalue weighted by atomic mass is 9.92. The Labute approximate surface area is 141 Å². The topological polar surface area (TPSA) is 60.0 Å². The summed E-state index contributed by atoms with van der Waals surface area (Å²) in [5, 5.41) is 5.21. The quantitative estimate of drug-likeness (QED) is 0.899. The van der Waals surface area contributed by atoms with Gasteiger partial charge in [0.1, 0.15) is 5.69 Å². The summed E-state index contributed by atoms with van der Waals surface area (Å²) < 4.78 is 2.01. The zero-order valence-electron chi connectivity index (χ0n) is 12.4. The minimum absolute atomic E-state index is 0. The number of hydrogen-bond donors (Lipinski definition) is 2. The van der Waals surface area contributed by atoms with Gasteiger partial charge >= 0.3 is 0 Å². The van der Waals surface area contributed by atoms with Gasteiger partial charge in [-0.25, -0.2) is 0 Å². The van der Waals surface area contributed by atoms with E-state index in [1.54, 1.807) is 11.3 Å². The minimum Gasteiger partial charge on any atom is -0.348 e. The number of halogens is 1. The van der Waals surface area contributed by atoms with Gasteiger partial charge in [-0.05, 0) is 49.3 Å². The molecule has 2 aromatic heterocycles. The van der Waals surface area contributed by atoms with E-state index in [-0.39, 0.29) is 24.4 Å². The summed E-state index contributed by atoms with van der Waals surface area (Å²) in [5.41, 5.74) is 6.64. The summed E-state index contributed by atoms with van der Waals surface area (Å²) in [6.45, 7) is 0.753. The number of nitrogens with two attached hydrogens (primary N) is 1. The van der Waals surface area contributed by atoms with Crippen LogP contribution in [0.15, 0.2) is 35.8 Å². The van der Waals surface area contributed by atoms with Gasteiger partial charge in [-0.2, -0.15) is 0 Å². The van der Waals surface area contributed by atoms with E-state index in [9.17, 15) is 4.79 Å². The van der Waals surface area contributed by atoms with Crippen molar-refractivity contribution in [1.82, 2.24) is 9.88 Å². The Morgan fingerprint density at radius 2 is 2.05 bits per heavy atom. The molecule has 2 aromatic rings. The van der Waals surface area contributed by atoms with E-state index in [0.717, 1.165) is 37.9 Å². The van der Waals surface area contributed by atoms with E-state index in [1.165, 1.54) is 4.88 Å². The highest BCUT2D eigenvalue weighted by Gasteiger charge is 2.21. The first kappa shape index (κ1) is 17.1. The molecule has 1 saturated carbocycles. The Morgan fingerprint density at radius 3 is 2.73 bits per heavy atom. The fraction of sp³-hybridized carbons (Fsp3) is 0.438. The molecule has 6 heteroatoms. The molecular weight excluding hydrogens is 318 g/mol. The Morgan fingerprint density at radius 1 is 1.27 bits per heavy atom. The van der Waals surface area contributed by atoms with E-state index in [0.29, 0.717) is 6.04 Å². The summed E-state index contributed by atoms with van der Waals surface area (Å²) in [5.74, 6) is 0.0250. The smallest absolute Gasteiger partial charge is 0.268 e. The highest BCUT2D eigenvalue weighted by atomic mass is 35.5. The predicted octanol–water partition coefficient (Wildman–Crippen LogP) is 3.02. The van der Waals surface area contributed by atoms with Crippen molar-refractivity contribution in [3.8, 4) is 0 Å². The van der Waals surface area contributed by atoms with E-state index in [1.807, 2.05) is 29.0 Å². The summed E-state index contributed by atoms with van der Waals surface area (Å²) >= 11 is 1.71. The van der Waals surface area contributed by atoms with Crippen LogP contribution in [0.4, 0.5) is 0 Å². The van der Waals surface area contributed by atoms with E-state index in [4.69, 9.17) is 5.73 Å². The Balaban J connectivity index is 0.00000176. The molecular formula is C16H22ClN3OS. The second-order valence-electron chi connectivity index (χ2n) is 5.69. The molecule has 0 atom stereocenters. The maximum atomic E-state index is 12.4. The second kappa shape index (κ2) is 7.81. The first-order chi connectivity index (χ1) is 10.2. The maximum Gasteiger partial charge on any atom is 0.268 e. The molecule has 0 bridgehead atoms. The van der Waals surface area contributed by atoms with Crippen molar-refractivity contribution < 1.29 is 4.79 Å². The SMILES string of the molecule is Cl.NC1CCC(NC(=O)c2cccn2Cc2cccs2)CC1. The zero-order valence-corrected chi connectivity index (χ0v) is 14.0. The second-order valence-corrected chi connectivity index (χ2v) is 6.72. The summed E-state index contributed by atoms with van der Waals surface area (Å²) in [7, 11) is 0. The van der Waals surface area contributed by atoms with Crippen LogP contribution in [0.25, 0.3) is 0 Å². The number of amides is 1. The molecule has 22 heavy (non-hydrogen) atoms. The molecule has 0 saturated heterocycles. The molecule has 0 radical (unpaired) electrons. The average Bonchev–Trinajstić information content (AvgIpc) is 3.13. The van der Waals surface area contributed by atoms with Crippen molar-refractivity contribution in [2.24, 2.45) is 5.73 Å². The number of carbonyl (C=O) groups is 1. The van der Waals surface area contributed by atoms with Gasteiger partial charge in [0.05, 0.1) is 6.54 Å². The number of rotatable bonds is 4. The third kappa shape index (κ3) is 4.12. The monoisotopic (exact) mass is 339 g/mol. The largest absolute Gasteiger partial charge is 0.348 e. The van der Waals surface area contributed by atoms with Crippen LogP contribution in [0.2, 0.25) is 0 Å². The van der Waals surface area contributed by atoms with Crippen molar-refractivity contribution >= 4 is 29.7 Å².